The van der Waals surface area contributed by atoms with Crippen molar-refractivity contribution < 1.29 is 19.4 Å². The number of rotatable bonds is 9. The number of ether oxygens (including phenoxy) is 2. The van der Waals surface area contributed by atoms with E-state index >= 15 is 0 Å². The molecule has 0 aromatic rings. The molecule has 0 fully saturated rings. The molecule has 0 heterocycles. The molecular weight excluding hydrogens is 210 g/mol. The number of aliphatic hydroxyl groups is 1. The monoisotopic (exact) mass is 233 g/mol. The summed E-state index contributed by atoms with van der Waals surface area (Å²) in [5.41, 5.74) is -0.934. The van der Waals surface area contributed by atoms with Crippen LogP contribution in [0.15, 0.2) is 0 Å². The van der Waals surface area contributed by atoms with Gasteiger partial charge in [0.15, 0.2) is 0 Å². The van der Waals surface area contributed by atoms with Crippen LogP contribution < -0.4 is 5.32 Å². The summed E-state index contributed by atoms with van der Waals surface area (Å²) >= 11 is 0. The van der Waals surface area contributed by atoms with Crippen LogP contribution in [0.4, 0.5) is 0 Å². The predicted octanol–water partition coefficient (Wildman–Crippen LogP) is 0.317. The van der Waals surface area contributed by atoms with Gasteiger partial charge in [0, 0.05) is 33.3 Å². The lowest BCUT2D eigenvalue weighted by atomic mass is 10.0. The van der Waals surface area contributed by atoms with Crippen LogP contribution in [-0.2, 0) is 14.3 Å². The third kappa shape index (κ3) is 8.64. The van der Waals surface area contributed by atoms with Crippen LogP contribution in [0, 0.1) is 0 Å². The van der Waals surface area contributed by atoms with E-state index in [9.17, 15) is 9.90 Å². The lowest BCUT2D eigenvalue weighted by molar-refractivity contribution is -0.127. The zero-order valence-electron chi connectivity index (χ0n) is 10.4. The first kappa shape index (κ1) is 15.3. The van der Waals surface area contributed by atoms with Gasteiger partial charge in [-0.1, -0.05) is 6.92 Å². The Kier molecular flexibility index (Phi) is 8.15. The molecule has 0 saturated carbocycles. The second-order valence-corrected chi connectivity index (χ2v) is 4.07. The minimum atomic E-state index is -0.934. The van der Waals surface area contributed by atoms with Crippen LogP contribution in [0.2, 0.25) is 0 Å². The molecule has 0 radical (unpaired) electrons. The van der Waals surface area contributed by atoms with Crippen molar-refractivity contribution in [3.8, 4) is 0 Å². The molecule has 0 aliphatic heterocycles. The number of amides is 1. The average molecular weight is 233 g/mol. The van der Waals surface area contributed by atoms with Crippen LogP contribution >= 0.6 is 0 Å². The number of carbonyl (C=O) groups excluding carboxylic acids is 1. The third-order valence-electron chi connectivity index (χ3n) is 2.09. The fourth-order valence-electron chi connectivity index (χ4n) is 1.06. The molecule has 16 heavy (non-hydrogen) atoms. The number of nitrogens with one attached hydrogen (secondary N) is 1. The smallest absolute Gasteiger partial charge is 0.246 e. The van der Waals surface area contributed by atoms with Crippen LogP contribution in [0.5, 0.6) is 0 Å². The lowest BCUT2D eigenvalue weighted by Crippen LogP contribution is -2.42. The molecule has 0 spiro atoms. The van der Waals surface area contributed by atoms with Gasteiger partial charge in [-0.25, -0.2) is 0 Å². The first-order valence-electron chi connectivity index (χ1n) is 5.57. The third-order valence-corrected chi connectivity index (χ3v) is 2.09. The Morgan fingerprint density at radius 1 is 1.44 bits per heavy atom. The summed E-state index contributed by atoms with van der Waals surface area (Å²) < 4.78 is 9.94. The SMILES string of the molecule is CCCOCC(=O)NCC(C)(O)CCOC. The highest BCUT2D eigenvalue weighted by atomic mass is 16.5. The van der Waals surface area contributed by atoms with Crippen molar-refractivity contribution in [3.63, 3.8) is 0 Å². The van der Waals surface area contributed by atoms with E-state index in [4.69, 9.17) is 9.47 Å². The van der Waals surface area contributed by atoms with E-state index in [1.165, 1.54) is 0 Å². The average Bonchev–Trinajstić information content (AvgIpc) is 2.24. The Morgan fingerprint density at radius 2 is 2.12 bits per heavy atom. The van der Waals surface area contributed by atoms with Crippen molar-refractivity contribution >= 4 is 5.91 Å². The van der Waals surface area contributed by atoms with Gasteiger partial charge in [-0.2, -0.15) is 0 Å². The highest BCUT2D eigenvalue weighted by Gasteiger charge is 2.20. The first-order valence-corrected chi connectivity index (χ1v) is 5.57. The lowest BCUT2D eigenvalue weighted by Gasteiger charge is -2.23. The van der Waals surface area contributed by atoms with Gasteiger partial charge in [0.2, 0.25) is 5.91 Å². The molecule has 0 aromatic heterocycles. The number of methoxy groups -OCH3 is 1. The summed E-state index contributed by atoms with van der Waals surface area (Å²) in [7, 11) is 1.58. The van der Waals surface area contributed by atoms with Crippen molar-refractivity contribution in [2.75, 3.05) is 33.5 Å². The Bertz CT molecular complexity index is 194. The molecule has 0 aliphatic rings. The Balaban J connectivity index is 3.64. The highest BCUT2D eigenvalue weighted by molar-refractivity contribution is 5.77. The topological polar surface area (TPSA) is 67.8 Å². The zero-order chi connectivity index (χ0) is 12.4. The second-order valence-electron chi connectivity index (χ2n) is 4.07. The van der Waals surface area contributed by atoms with E-state index in [-0.39, 0.29) is 19.1 Å². The summed E-state index contributed by atoms with van der Waals surface area (Å²) in [6, 6.07) is 0. The summed E-state index contributed by atoms with van der Waals surface area (Å²) in [6.07, 6.45) is 1.37. The highest BCUT2D eigenvalue weighted by Crippen LogP contribution is 2.07. The van der Waals surface area contributed by atoms with Gasteiger partial charge in [0.05, 0.1) is 5.60 Å². The Labute approximate surface area is 97.1 Å². The summed E-state index contributed by atoms with van der Waals surface area (Å²) in [5, 5.41) is 12.5. The van der Waals surface area contributed by atoms with Crippen molar-refractivity contribution in [2.24, 2.45) is 0 Å². The van der Waals surface area contributed by atoms with Crippen molar-refractivity contribution in [1.29, 1.82) is 0 Å². The maximum atomic E-state index is 11.3. The predicted molar refractivity (Wildman–Crippen MR) is 61.2 cm³/mol. The largest absolute Gasteiger partial charge is 0.388 e. The van der Waals surface area contributed by atoms with Crippen LogP contribution in [0.3, 0.4) is 0 Å². The maximum Gasteiger partial charge on any atom is 0.246 e. The van der Waals surface area contributed by atoms with Gasteiger partial charge in [0.25, 0.3) is 0 Å². The normalized spacial score (nSPS) is 14.5. The van der Waals surface area contributed by atoms with Gasteiger partial charge in [-0.15, -0.1) is 0 Å². The van der Waals surface area contributed by atoms with E-state index < -0.39 is 5.60 Å². The molecule has 5 heteroatoms. The summed E-state index contributed by atoms with van der Waals surface area (Å²) in [6.45, 7) is 4.95. The van der Waals surface area contributed by atoms with E-state index in [2.05, 4.69) is 5.32 Å². The molecule has 0 bridgehead atoms. The Morgan fingerprint density at radius 3 is 2.69 bits per heavy atom. The molecule has 2 N–H and O–H groups in total. The Hall–Kier alpha value is -0.650. The molecule has 1 amide bonds. The van der Waals surface area contributed by atoms with E-state index in [0.717, 1.165) is 6.42 Å². The van der Waals surface area contributed by atoms with Crippen molar-refractivity contribution in [3.05, 3.63) is 0 Å². The first-order chi connectivity index (χ1) is 7.52. The molecule has 5 nitrogen and oxygen atoms in total. The molecule has 1 atom stereocenters. The maximum absolute atomic E-state index is 11.3. The summed E-state index contributed by atoms with van der Waals surface area (Å²) in [4.78, 5) is 11.3. The second kappa shape index (κ2) is 8.50. The minimum absolute atomic E-state index is 0.0498. The van der Waals surface area contributed by atoms with E-state index in [0.29, 0.717) is 19.6 Å². The van der Waals surface area contributed by atoms with Gasteiger partial charge in [0.1, 0.15) is 6.61 Å². The van der Waals surface area contributed by atoms with E-state index in [1.807, 2.05) is 6.92 Å². The number of hydrogen-bond acceptors (Lipinski definition) is 4. The van der Waals surface area contributed by atoms with Crippen LogP contribution in [-0.4, -0.2) is 50.1 Å². The van der Waals surface area contributed by atoms with Gasteiger partial charge in [-0.3, -0.25) is 4.79 Å². The van der Waals surface area contributed by atoms with Gasteiger partial charge in [-0.05, 0) is 13.3 Å². The fraction of sp³-hybridized carbons (Fsp3) is 0.909. The summed E-state index contributed by atoms with van der Waals surface area (Å²) in [5.74, 6) is -0.203. The molecule has 0 aromatic carbocycles. The molecular formula is C11H23NO4. The quantitative estimate of drug-likeness (QED) is 0.563. The standard InChI is InChI=1S/C11H23NO4/c1-4-6-16-8-10(13)12-9-11(2,14)5-7-15-3/h14H,4-9H2,1-3H3,(H,12,13). The molecule has 1 unspecified atom stereocenters. The van der Waals surface area contributed by atoms with Crippen molar-refractivity contribution in [1.82, 2.24) is 5.32 Å². The van der Waals surface area contributed by atoms with Gasteiger partial charge >= 0.3 is 0 Å². The van der Waals surface area contributed by atoms with Gasteiger partial charge < -0.3 is 19.9 Å². The minimum Gasteiger partial charge on any atom is -0.388 e. The van der Waals surface area contributed by atoms with Crippen LogP contribution in [0.1, 0.15) is 26.7 Å². The molecule has 0 aliphatic carbocycles. The number of carbonyl (C=O) groups is 1. The molecule has 0 rings (SSSR count). The fourth-order valence-corrected chi connectivity index (χ4v) is 1.06. The molecule has 0 saturated heterocycles. The van der Waals surface area contributed by atoms with E-state index in [1.54, 1.807) is 14.0 Å². The number of hydrogen-bond donors (Lipinski definition) is 2. The molecule has 96 valence electrons. The zero-order valence-corrected chi connectivity index (χ0v) is 10.4. The van der Waals surface area contributed by atoms with Crippen molar-refractivity contribution in [2.45, 2.75) is 32.3 Å². The van der Waals surface area contributed by atoms with Crippen LogP contribution in [0.25, 0.3) is 0 Å².